The molecule has 0 unspecified atom stereocenters. The lowest BCUT2D eigenvalue weighted by Crippen LogP contribution is -2.41. The van der Waals surface area contributed by atoms with Crippen molar-refractivity contribution in [3.8, 4) is 0 Å². The lowest BCUT2D eigenvalue weighted by Gasteiger charge is -2.20. The number of guanidine groups is 1. The summed E-state index contributed by atoms with van der Waals surface area (Å²) in [6, 6.07) is 6.63. The van der Waals surface area contributed by atoms with Crippen molar-refractivity contribution in [2.24, 2.45) is 4.99 Å². The minimum absolute atomic E-state index is 0.204. The molecule has 1 fully saturated rings. The first kappa shape index (κ1) is 23.1. The molecule has 1 saturated heterocycles. The zero-order valence-corrected chi connectivity index (χ0v) is 17.9. The van der Waals surface area contributed by atoms with Crippen LogP contribution in [0.25, 0.3) is 0 Å². The molecule has 7 heteroatoms. The van der Waals surface area contributed by atoms with E-state index in [1.807, 2.05) is 31.0 Å². The van der Waals surface area contributed by atoms with Crippen molar-refractivity contribution in [3.63, 3.8) is 0 Å². The quantitative estimate of drug-likeness (QED) is 0.357. The average Bonchev–Trinajstić information content (AvgIpc) is 2.91. The molecular weight excluding hydrogens is 369 g/mol. The lowest BCUT2D eigenvalue weighted by atomic mass is 10.2. The highest BCUT2D eigenvalue weighted by Gasteiger charge is 2.15. The molecule has 0 bridgehead atoms. The summed E-state index contributed by atoms with van der Waals surface area (Å²) >= 11 is 0. The monoisotopic (exact) mass is 405 g/mol. The average molecular weight is 406 g/mol. The van der Waals surface area contributed by atoms with Crippen LogP contribution < -0.4 is 10.6 Å². The predicted molar refractivity (Wildman–Crippen MR) is 116 cm³/mol. The van der Waals surface area contributed by atoms with E-state index in [-0.39, 0.29) is 5.82 Å². The fraction of sp³-hybridized carbons (Fsp3) is 0.636. The van der Waals surface area contributed by atoms with E-state index in [0.717, 1.165) is 76.5 Å². The molecule has 0 atom stereocenters. The molecule has 2 N–H and O–H groups in total. The largest absolute Gasteiger partial charge is 0.357 e. The summed E-state index contributed by atoms with van der Waals surface area (Å²) in [6.45, 7) is 7.64. The van der Waals surface area contributed by atoms with E-state index in [4.69, 9.17) is 0 Å². The molecule has 0 saturated carbocycles. The molecular formula is C22H36FN5O. The third kappa shape index (κ3) is 9.26. The predicted octanol–water partition coefficient (Wildman–Crippen LogP) is 2.61. The fourth-order valence-electron chi connectivity index (χ4n) is 3.41. The number of rotatable bonds is 10. The maximum absolute atomic E-state index is 13.0. The lowest BCUT2D eigenvalue weighted by molar-refractivity contribution is -0.130. The molecule has 2 rings (SSSR count). The number of nitrogens with one attached hydrogen (secondary N) is 2. The Bertz CT molecular complexity index is 635. The summed E-state index contributed by atoms with van der Waals surface area (Å²) in [5, 5.41) is 6.63. The summed E-state index contributed by atoms with van der Waals surface area (Å²) in [5.74, 6) is 0.898. The summed E-state index contributed by atoms with van der Waals surface area (Å²) in [7, 11) is 2.05. The third-order valence-electron chi connectivity index (χ3n) is 5.02. The summed E-state index contributed by atoms with van der Waals surface area (Å²) in [4.78, 5) is 20.9. The van der Waals surface area contributed by atoms with Gasteiger partial charge < -0.3 is 20.4 Å². The van der Waals surface area contributed by atoms with Crippen molar-refractivity contribution in [2.45, 2.75) is 45.6 Å². The van der Waals surface area contributed by atoms with Crippen molar-refractivity contribution in [1.82, 2.24) is 20.4 Å². The van der Waals surface area contributed by atoms with Crippen LogP contribution in [0.3, 0.4) is 0 Å². The number of carbonyl (C=O) groups excluding carboxylic acids is 1. The first-order valence-electron chi connectivity index (χ1n) is 10.8. The molecule has 1 aliphatic heterocycles. The Morgan fingerprint density at radius 2 is 2.00 bits per heavy atom. The Morgan fingerprint density at radius 3 is 2.76 bits per heavy atom. The molecule has 1 aliphatic rings. The highest BCUT2D eigenvalue weighted by atomic mass is 19.1. The van der Waals surface area contributed by atoms with Crippen LogP contribution in [-0.2, 0) is 11.3 Å². The molecule has 1 aromatic rings. The van der Waals surface area contributed by atoms with Gasteiger partial charge in [-0.05, 0) is 50.9 Å². The number of likely N-dealkylation sites (tertiary alicyclic amines) is 1. The highest BCUT2D eigenvalue weighted by Crippen LogP contribution is 2.11. The van der Waals surface area contributed by atoms with Crippen molar-refractivity contribution >= 4 is 11.9 Å². The molecule has 6 nitrogen and oxygen atoms in total. The Labute approximate surface area is 174 Å². The van der Waals surface area contributed by atoms with Gasteiger partial charge in [-0.3, -0.25) is 9.79 Å². The van der Waals surface area contributed by atoms with Gasteiger partial charge in [0.05, 0.1) is 0 Å². The molecule has 0 aromatic heterocycles. The standard InChI is InChI=1S/C22H36FN5O/c1-3-24-22(25-13-7-16-28-15-6-4-5-8-21(28)29)26-14-17-27(2)18-19-9-11-20(23)12-10-19/h9-12H,3-8,13-18H2,1-2H3,(H2,24,25,26). The van der Waals surface area contributed by atoms with Crippen LogP contribution in [0.2, 0.25) is 0 Å². The van der Waals surface area contributed by atoms with Gasteiger partial charge in [-0.15, -0.1) is 0 Å². The maximum atomic E-state index is 13.0. The van der Waals surface area contributed by atoms with Crippen LogP contribution in [0.4, 0.5) is 4.39 Å². The molecule has 0 aliphatic carbocycles. The fourth-order valence-corrected chi connectivity index (χ4v) is 3.41. The normalized spacial score (nSPS) is 15.5. The Balaban J connectivity index is 1.68. The number of halogens is 1. The van der Waals surface area contributed by atoms with Crippen molar-refractivity contribution in [1.29, 1.82) is 0 Å². The van der Waals surface area contributed by atoms with Gasteiger partial charge in [-0.25, -0.2) is 4.39 Å². The number of nitrogens with zero attached hydrogens (tertiary/aromatic N) is 3. The first-order valence-corrected chi connectivity index (χ1v) is 10.8. The number of likely N-dealkylation sites (N-methyl/N-ethyl adjacent to an activating group) is 1. The Morgan fingerprint density at radius 1 is 1.21 bits per heavy atom. The van der Waals surface area contributed by atoms with E-state index >= 15 is 0 Å². The van der Waals surface area contributed by atoms with Gasteiger partial charge in [0.2, 0.25) is 5.91 Å². The van der Waals surface area contributed by atoms with E-state index in [1.54, 1.807) is 0 Å². The molecule has 0 radical (unpaired) electrons. The smallest absolute Gasteiger partial charge is 0.222 e. The Kier molecular flexibility index (Phi) is 10.5. The van der Waals surface area contributed by atoms with Gasteiger partial charge >= 0.3 is 0 Å². The highest BCUT2D eigenvalue weighted by molar-refractivity contribution is 5.79. The van der Waals surface area contributed by atoms with Crippen molar-refractivity contribution < 1.29 is 9.18 Å². The summed E-state index contributed by atoms with van der Waals surface area (Å²) in [6.07, 6.45) is 4.87. The molecule has 29 heavy (non-hydrogen) atoms. The second-order valence-corrected chi connectivity index (χ2v) is 7.60. The summed E-state index contributed by atoms with van der Waals surface area (Å²) in [5.41, 5.74) is 1.09. The number of carbonyl (C=O) groups is 1. The minimum Gasteiger partial charge on any atom is -0.357 e. The van der Waals surface area contributed by atoms with E-state index < -0.39 is 0 Å². The zero-order chi connectivity index (χ0) is 20.9. The molecule has 1 heterocycles. The number of benzene rings is 1. The number of hydrogen-bond acceptors (Lipinski definition) is 3. The summed E-state index contributed by atoms with van der Waals surface area (Å²) < 4.78 is 13.0. The van der Waals surface area contributed by atoms with E-state index in [1.165, 1.54) is 12.1 Å². The van der Waals surface area contributed by atoms with Gasteiger partial charge in [0.1, 0.15) is 5.82 Å². The molecule has 162 valence electrons. The van der Waals surface area contributed by atoms with Gasteiger partial charge in [0.25, 0.3) is 0 Å². The maximum Gasteiger partial charge on any atom is 0.222 e. The van der Waals surface area contributed by atoms with Crippen LogP contribution in [-0.4, -0.2) is 68.0 Å². The van der Waals surface area contributed by atoms with Crippen LogP contribution >= 0.6 is 0 Å². The number of hydrogen-bond donors (Lipinski definition) is 2. The second kappa shape index (κ2) is 13.1. The van der Waals surface area contributed by atoms with Gasteiger partial charge in [-0.1, -0.05) is 18.6 Å². The number of amides is 1. The topological polar surface area (TPSA) is 60.0 Å². The van der Waals surface area contributed by atoms with Crippen LogP contribution in [0.15, 0.2) is 29.3 Å². The van der Waals surface area contributed by atoms with Crippen LogP contribution in [0, 0.1) is 5.82 Å². The third-order valence-corrected chi connectivity index (χ3v) is 5.02. The van der Waals surface area contributed by atoms with Crippen LogP contribution in [0.5, 0.6) is 0 Å². The SMILES string of the molecule is CCNC(=NCCCN1CCCCCC1=O)NCCN(C)Cc1ccc(F)cc1. The number of aliphatic imine (C=N–C) groups is 1. The zero-order valence-electron chi connectivity index (χ0n) is 17.9. The molecule has 1 amide bonds. The molecule has 0 spiro atoms. The molecule has 1 aromatic carbocycles. The van der Waals surface area contributed by atoms with Crippen LogP contribution in [0.1, 0.15) is 44.6 Å². The first-order chi connectivity index (χ1) is 14.1. The van der Waals surface area contributed by atoms with Crippen molar-refractivity contribution in [2.75, 3.05) is 46.3 Å². The van der Waals surface area contributed by atoms with Crippen molar-refractivity contribution in [3.05, 3.63) is 35.6 Å². The van der Waals surface area contributed by atoms with E-state index in [2.05, 4.69) is 20.5 Å². The van der Waals surface area contributed by atoms with Gasteiger partial charge in [0.15, 0.2) is 5.96 Å². The van der Waals surface area contributed by atoms with E-state index in [9.17, 15) is 9.18 Å². The van der Waals surface area contributed by atoms with E-state index in [0.29, 0.717) is 18.9 Å². The van der Waals surface area contributed by atoms with Gasteiger partial charge in [-0.2, -0.15) is 0 Å². The minimum atomic E-state index is -0.204. The Hall–Kier alpha value is -2.15. The van der Waals surface area contributed by atoms with Gasteiger partial charge in [0, 0.05) is 52.2 Å². The second-order valence-electron chi connectivity index (χ2n) is 7.60.